The Hall–Kier alpha value is -1.07. The molecule has 0 radical (unpaired) electrons. The van der Waals surface area contributed by atoms with Gasteiger partial charge in [-0.2, -0.15) is 0 Å². The predicted octanol–water partition coefficient (Wildman–Crippen LogP) is 2.08. The molecular weight excluding hydrogens is 286 g/mol. The normalized spacial score (nSPS) is 18.4. The molecule has 1 unspecified atom stereocenters. The molecule has 0 bridgehead atoms. The molecule has 1 amide bonds. The van der Waals surface area contributed by atoms with E-state index in [1.54, 1.807) is 6.26 Å². The van der Waals surface area contributed by atoms with E-state index in [2.05, 4.69) is 5.32 Å². The molecule has 6 heteroatoms. The highest BCUT2D eigenvalue weighted by atomic mass is 35.5. The largest absolute Gasteiger partial charge is 0.508 e. The van der Waals surface area contributed by atoms with Crippen molar-refractivity contribution < 1.29 is 14.1 Å². The molecule has 0 heterocycles. The topological polar surface area (TPSA) is 66.4 Å². The third kappa shape index (κ3) is 2.92. The summed E-state index contributed by atoms with van der Waals surface area (Å²) in [4.78, 5) is 12.0. The van der Waals surface area contributed by atoms with Crippen LogP contribution in [0.3, 0.4) is 0 Å². The quantitative estimate of drug-likeness (QED) is 0.895. The van der Waals surface area contributed by atoms with Crippen LogP contribution in [-0.2, 0) is 10.8 Å². The first kappa shape index (κ1) is 14.3. The number of hydrogen-bond donors (Lipinski definition) is 2. The van der Waals surface area contributed by atoms with E-state index in [1.807, 2.05) is 0 Å². The number of carbonyl (C=O) groups is 1. The van der Waals surface area contributed by atoms with Crippen LogP contribution in [0.25, 0.3) is 0 Å². The van der Waals surface area contributed by atoms with Crippen molar-refractivity contribution in [3.8, 4) is 5.75 Å². The van der Waals surface area contributed by atoms with Gasteiger partial charge in [0.05, 0.1) is 15.3 Å². The maximum absolute atomic E-state index is 12.0. The van der Waals surface area contributed by atoms with Crippen LogP contribution in [0.2, 0.25) is 5.02 Å². The Labute approximate surface area is 119 Å². The summed E-state index contributed by atoms with van der Waals surface area (Å²) in [5.74, 6) is -0.357. The summed E-state index contributed by atoms with van der Waals surface area (Å²) in [5.41, 5.74) is 0.234. The molecular formula is C13H16ClNO3S. The number of phenols is 1. The highest BCUT2D eigenvalue weighted by molar-refractivity contribution is 7.85. The van der Waals surface area contributed by atoms with Crippen LogP contribution in [0.1, 0.15) is 29.6 Å². The molecule has 19 heavy (non-hydrogen) atoms. The maximum atomic E-state index is 12.0. The number of rotatable bonds is 4. The molecule has 1 saturated carbocycles. The van der Waals surface area contributed by atoms with Gasteiger partial charge < -0.3 is 10.4 Å². The Morgan fingerprint density at radius 3 is 2.74 bits per heavy atom. The van der Waals surface area contributed by atoms with Gasteiger partial charge in [0.2, 0.25) is 0 Å². The smallest absolute Gasteiger partial charge is 0.252 e. The Morgan fingerprint density at radius 2 is 2.21 bits per heavy atom. The second-order valence-electron chi connectivity index (χ2n) is 4.84. The first-order chi connectivity index (χ1) is 8.94. The number of halogens is 1. The van der Waals surface area contributed by atoms with E-state index in [0.29, 0.717) is 6.54 Å². The summed E-state index contributed by atoms with van der Waals surface area (Å²) >= 11 is 5.92. The van der Waals surface area contributed by atoms with Crippen LogP contribution < -0.4 is 5.32 Å². The lowest BCUT2D eigenvalue weighted by atomic mass is 9.84. The second-order valence-corrected chi connectivity index (χ2v) is 7.02. The van der Waals surface area contributed by atoms with Gasteiger partial charge in [-0.05, 0) is 31.0 Å². The fourth-order valence-corrected chi connectivity index (χ4v) is 3.50. The van der Waals surface area contributed by atoms with Gasteiger partial charge in [-0.15, -0.1) is 0 Å². The van der Waals surface area contributed by atoms with Crippen LogP contribution in [0.4, 0.5) is 0 Å². The molecule has 1 aromatic rings. The lowest BCUT2D eigenvalue weighted by Gasteiger charge is -2.39. The van der Waals surface area contributed by atoms with Gasteiger partial charge in [0.1, 0.15) is 5.75 Å². The van der Waals surface area contributed by atoms with Crippen molar-refractivity contribution in [2.24, 2.45) is 0 Å². The van der Waals surface area contributed by atoms with Crippen LogP contribution in [0.15, 0.2) is 18.2 Å². The summed E-state index contributed by atoms with van der Waals surface area (Å²) < 4.78 is 11.4. The third-order valence-corrected chi connectivity index (χ3v) is 5.74. The van der Waals surface area contributed by atoms with E-state index < -0.39 is 10.8 Å². The first-order valence-electron chi connectivity index (χ1n) is 6.05. The summed E-state index contributed by atoms with van der Waals surface area (Å²) in [6, 6.07) is 4.23. The Balaban J connectivity index is 2.05. The molecule has 0 aliphatic heterocycles. The summed E-state index contributed by atoms with van der Waals surface area (Å²) in [7, 11) is -0.962. The number of benzene rings is 1. The number of nitrogens with one attached hydrogen (secondary N) is 1. The standard InChI is InChI=1S/C13H16ClNO3S/c1-19(18)13(5-2-6-13)8-15-12(17)10-7-9(16)3-4-11(10)14/h3-4,7,16H,2,5-6,8H2,1H3,(H,15,17). The molecule has 0 spiro atoms. The second kappa shape index (κ2) is 5.51. The molecule has 0 aromatic heterocycles. The number of phenolic OH excluding ortho intramolecular Hbond substituents is 1. The molecule has 2 rings (SSSR count). The van der Waals surface area contributed by atoms with Gasteiger partial charge >= 0.3 is 0 Å². The summed E-state index contributed by atoms with van der Waals surface area (Å²) in [6.07, 6.45) is 4.45. The fourth-order valence-electron chi connectivity index (χ4n) is 2.16. The van der Waals surface area contributed by atoms with E-state index in [4.69, 9.17) is 11.6 Å². The lowest BCUT2D eigenvalue weighted by Crippen LogP contribution is -2.50. The van der Waals surface area contributed by atoms with Gasteiger partial charge in [-0.1, -0.05) is 18.0 Å². The monoisotopic (exact) mass is 301 g/mol. The van der Waals surface area contributed by atoms with E-state index in [0.717, 1.165) is 19.3 Å². The average Bonchev–Trinajstić information content (AvgIpc) is 2.30. The SMILES string of the molecule is CS(=O)C1(CNC(=O)c2cc(O)ccc2Cl)CCC1. The minimum atomic E-state index is -0.962. The molecule has 0 saturated heterocycles. The fraction of sp³-hybridized carbons (Fsp3) is 0.462. The Kier molecular flexibility index (Phi) is 4.16. The van der Waals surface area contributed by atoms with Crippen LogP contribution in [0, 0.1) is 0 Å². The number of carbonyl (C=O) groups excluding carboxylic acids is 1. The molecule has 4 nitrogen and oxygen atoms in total. The zero-order chi connectivity index (χ0) is 14.0. The third-order valence-electron chi connectivity index (χ3n) is 3.64. The van der Waals surface area contributed by atoms with Crippen LogP contribution in [0.5, 0.6) is 5.75 Å². The molecule has 104 valence electrons. The van der Waals surface area contributed by atoms with Crippen molar-refractivity contribution >= 4 is 28.3 Å². The van der Waals surface area contributed by atoms with Crippen molar-refractivity contribution in [2.75, 3.05) is 12.8 Å². The zero-order valence-electron chi connectivity index (χ0n) is 10.6. The minimum absolute atomic E-state index is 0.00743. The van der Waals surface area contributed by atoms with Crippen LogP contribution in [-0.4, -0.2) is 32.8 Å². The lowest BCUT2D eigenvalue weighted by molar-refractivity contribution is 0.0943. The average molecular weight is 302 g/mol. The molecule has 1 aliphatic rings. The number of hydrogen-bond acceptors (Lipinski definition) is 3. The number of amides is 1. The maximum Gasteiger partial charge on any atom is 0.252 e. The molecule has 1 aromatic carbocycles. The highest BCUT2D eigenvalue weighted by Gasteiger charge is 2.41. The Bertz CT molecular complexity index is 529. The van der Waals surface area contributed by atoms with Gasteiger partial charge in [-0.25, -0.2) is 0 Å². The number of aromatic hydroxyl groups is 1. The van der Waals surface area contributed by atoms with Crippen molar-refractivity contribution in [1.82, 2.24) is 5.32 Å². The van der Waals surface area contributed by atoms with Gasteiger partial charge in [-0.3, -0.25) is 9.00 Å². The van der Waals surface area contributed by atoms with E-state index in [-0.39, 0.29) is 27.0 Å². The van der Waals surface area contributed by atoms with Gasteiger partial charge in [0.15, 0.2) is 0 Å². The van der Waals surface area contributed by atoms with Crippen LogP contribution >= 0.6 is 11.6 Å². The van der Waals surface area contributed by atoms with E-state index in [1.165, 1.54) is 18.2 Å². The van der Waals surface area contributed by atoms with E-state index in [9.17, 15) is 14.1 Å². The summed E-state index contributed by atoms with van der Waals surface area (Å²) in [6.45, 7) is 0.376. The van der Waals surface area contributed by atoms with Crippen molar-refractivity contribution in [1.29, 1.82) is 0 Å². The molecule has 1 fully saturated rings. The first-order valence-corrected chi connectivity index (χ1v) is 7.98. The zero-order valence-corrected chi connectivity index (χ0v) is 12.2. The molecule has 1 aliphatic carbocycles. The molecule has 2 N–H and O–H groups in total. The van der Waals surface area contributed by atoms with Crippen molar-refractivity contribution in [3.05, 3.63) is 28.8 Å². The van der Waals surface area contributed by atoms with Gasteiger partial charge in [0, 0.05) is 23.6 Å². The Morgan fingerprint density at radius 1 is 1.53 bits per heavy atom. The van der Waals surface area contributed by atoms with Crippen molar-refractivity contribution in [2.45, 2.75) is 24.0 Å². The van der Waals surface area contributed by atoms with Gasteiger partial charge in [0.25, 0.3) is 5.91 Å². The predicted molar refractivity (Wildman–Crippen MR) is 76.1 cm³/mol. The minimum Gasteiger partial charge on any atom is -0.508 e. The molecule has 1 atom stereocenters. The highest BCUT2D eigenvalue weighted by Crippen LogP contribution is 2.36. The summed E-state index contributed by atoms with van der Waals surface area (Å²) in [5, 5.41) is 12.4. The van der Waals surface area contributed by atoms with E-state index >= 15 is 0 Å². The van der Waals surface area contributed by atoms with Crippen molar-refractivity contribution in [3.63, 3.8) is 0 Å².